The van der Waals surface area contributed by atoms with Crippen molar-refractivity contribution in [1.82, 2.24) is 10.6 Å². The molecule has 0 saturated heterocycles. The van der Waals surface area contributed by atoms with E-state index in [0.29, 0.717) is 19.0 Å². The van der Waals surface area contributed by atoms with Crippen molar-refractivity contribution in [2.45, 2.75) is 38.1 Å². The highest BCUT2D eigenvalue weighted by molar-refractivity contribution is 14.0. The minimum absolute atomic E-state index is 0. The topological polar surface area (TPSA) is 49.6 Å². The molecule has 1 aliphatic carbocycles. The quantitative estimate of drug-likeness (QED) is 0.279. The number of rotatable bonds is 7. The average molecular weight is 471 g/mol. The molecular weight excluding hydrogens is 444 g/mol. The van der Waals surface area contributed by atoms with Gasteiger partial charge in [-0.2, -0.15) is 0 Å². The van der Waals surface area contributed by atoms with Gasteiger partial charge in [-0.15, -0.1) is 24.0 Å². The summed E-state index contributed by atoms with van der Waals surface area (Å²) in [6.45, 7) is 0.897. The first-order chi connectivity index (χ1) is 12.3. The Bertz CT molecular complexity index is 675. The van der Waals surface area contributed by atoms with Crippen molar-refractivity contribution in [3.8, 4) is 0 Å². The summed E-state index contributed by atoms with van der Waals surface area (Å²) in [6, 6.07) is 12.8. The maximum atomic E-state index is 12.4. The van der Waals surface area contributed by atoms with Crippen LogP contribution in [0.2, 0.25) is 0 Å². The number of hydrogen-bond donors (Lipinski definition) is 2. The van der Waals surface area contributed by atoms with E-state index in [2.05, 4.69) is 39.9 Å². The van der Waals surface area contributed by atoms with Gasteiger partial charge in [0.05, 0.1) is 12.9 Å². The summed E-state index contributed by atoms with van der Waals surface area (Å²) in [5.74, 6) is 1.71. The van der Waals surface area contributed by atoms with Gasteiger partial charge in [-0.1, -0.05) is 24.3 Å². The smallest absolute Gasteiger partial charge is 0.191 e. The molecule has 0 spiro atoms. The van der Waals surface area contributed by atoms with E-state index in [1.165, 1.54) is 11.1 Å². The van der Waals surface area contributed by atoms with Crippen LogP contribution in [-0.4, -0.2) is 31.8 Å². The molecule has 3 rings (SSSR count). The lowest BCUT2D eigenvalue weighted by Crippen LogP contribution is -2.46. The van der Waals surface area contributed by atoms with Crippen molar-refractivity contribution < 1.29 is 8.81 Å². The second-order valence-corrected chi connectivity index (χ2v) is 6.38. The zero-order chi connectivity index (χ0) is 17.3. The summed E-state index contributed by atoms with van der Waals surface area (Å²) in [5.41, 5.74) is 2.85. The van der Waals surface area contributed by atoms with Crippen molar-refractivity contribution in [3.05, 3.63) is 59.5 Å². The molecule has 142 valence electrons. The zero-order valence-electron chi connectivity index (χ0n) is 14.9. The lowest BCUT2D eigenvalue weighted by molar-refractivity contribution is 0.475. The summed E-state index contributed by atoms with van der Waals surface area (Å²) in [7, 11) is 0. The minimum atomic E-state index is -0.333. The Morgan fingerprint density at radius 3 is 2.81 bits per heavy atom. The molecule has 2 aromatic rings. The molecule has 0 amide bonds. The average Bonchev–Trinajstić information content (AvgIpc) is 3.15. The first-order valence-electron chi connectivity index (χ1n) is 9.05. The third-order valence-electron chi connectivity index (χ3n) is 4.49. The van der Waals surface area contributed by atoms with E-state index in [4.69, 9.17) is 4.42 Å². The molecule has 4 nitrogen and oxygen atoms in total. The molecule has 1 aromatic heterocycles. The highest BCUT2D eigenvalue weighted by Crippen LogP contribution is 2.20. The van der Waals surface area contributed by atoms with Crippen LogP contribution in [0.1, 0.15) is 29.7 Å². The van der Waals surface area contributed by atoms with Crippen LogP contribution in [0.3, 0.4) is 0 Å². The molecule has 0 radical (unpaired) electrons. The fourth-order valence-electron chi connectivity index (χ4n) is 3.18. The predicted molar refractivity (Wildman–Crippen MR) is 114 cm³/mol. The van der Waals surface area contributed by atoms with E-state index >= 15 is 0 Å². The Hall–Kier alpha value is -1.57. The molecule has 0 aliphatic heterocycles. The number of fused-ring (bicyclic) bond motifs is 1. The van der Waals surface area contributed by atoms with Gasteiger partial charge in [0.1, 0.15) is 5.76 Å². The van der Waals surface area contributed by atoms with Gasteiger partial charge in [0.2, 0.25) is 0 Å². The van der Waals surface area contributed by atoms with Crippen molar-refractivity contribution in [2.75, 3.05) is 19.8 Å². The Labute approximate surface area is 171 Å². The number of benzene rings is 1. The molecule has 1 aliphatic rings. The number of halogens is 2. The van der Waals surface area contributed by atoms with Crippen LogP contribution in [0.4, 0.5) is 4.39 Å². The monoisotopic (exact) mass is 471 g/mol. The van der Waals surface area contributed by atoms with Crippen LogP contribution in [-0.2, 0) is 19.3 Å². The lowest BCUT2D eigenvalue weighted by Gasteiger charge is -2.27. The van der Waals surface area contributed by atoms with Crippen LogP contribution in [0.25, 0.3) is 0 Å². The van der Waals surface area contributed by atoms with Gasteiger partial charge in [-0.3, -0.25) is 9.38 Å². The summed E-state index contributed by atoms with van der Waals surface area (Å²) < 4.78 is 17.7. The number of guanidine groups is 1. The molecule has 1 unspecified atom stereocenters. The van der Waals surface area contributed by atoms with Crippen LogP contribution in [0.15, 0.2) is 52.1 Å². The summed E-state index contributed by atoms with van der Waals surface area (Å²) >= 11 is 0. The van der Waals surface area contributed by atoms with E-state index in [9.17, 15) is 4.39 Å². The van der Waals surface area contributed by atoms with Gasteiger partial charge < -0.3 is 15.1 Å². The molecule has 1 heterocycles. The fourth-order valence-corrected chi connectivity index (χ4v) is 3.18. The van der Waals surface area contributed by atoms with Crippen LogP contribution in [0.5, 0.6) is 0 Å². The number of nitrogens with zero attached hydrogens (tertiary/aromatic N) is 1. The van der Waals surface area contributed by atoms with E-state index in [0.717, 1.165) is 43.9 Å². The van der Waals surface area contributed by atoms with Gasteiger partial charge in [-0.05, 0) is 48.9 Å². The maximum Gasteiger partial charge on any atom is 0.191 e. The molecule has 1 atom stereocenters. The van der Waals surface area contributed by atoms with Gasteiger partial charge in [0, 0.05) is 25.6 Å². The van der Waals surface area contributed by atoms with Gasteiger partial charge in [-0.25, -0.2) is 0 Å². The molecule has 26 heavy (non-hydrogen) atoms. The number of alkyl halides is 1. The number of hydrogen-bond acceptors (Lipinski definition) is 2. The van der Waals surface area contributed by atoms with Crippen molar-refractivity contribution >= 4 is 29.9 Å². The molecule has 2 N–H and O–H groups in total. The Morgan fingerprint density at radius 2 is 2.04 bits per heavy atom. The number of furan rings is 1. The van der Waals surface area contributed by atoms with E-state index in [1.54, 1.807) is 6.26 Å². The van der Waals surface area contributed by atoms with E-state index in [1.807, 2.05) is 12.1 Å². The summed E-state index contributed by atoms with van der Waals surface area (Å²) in [5, 5.41) is 6.87. The second-order valence-electron chi connectivity index (χ2n) is 6.38. The molecule has 0 fully saturated rings. The summed E-state index contributed by atoms with van der Waals surface area (Å²) in [6.07, 6.45) is 6.10. The van der Waals surface area contributed by atoms with Gasteiger partial charge in [0.15, 0.2) is 5.96 Å². The molecule has 0 bridgehead atoms. The summed E-state index contributed by atoms with van der Waals surface area (Å²) in [4.78, 5) is 4.51. The first-order valence-corrected chi connectivity index (χ1v) is 9.05. The number of nitrogens with one attached hydrogen (secondary N) is 2. The van der Waals surface area contributed by atoms with Gasteiger partial charge in [0.25, 0.3) is 0 Å². The first kappa shape index (κ1) is 20.7. The molecular formula is C20H27FIN3O. The van der Waals surface area contributed by atoms with Crippen molar-refractivity contribution in [1.29, 1.82) is 0 Å². The number of aryl methyl sites for hydroxylation is 1. The predicted octanol–water partition coefficient (Wildman–Crippen LogP) is 3.89. The van der Waals surface area contributed by atoms with E-state index < -0.39 is 0 Å². The van der Waals surface area contributed by atoms with E-state index in [-0.39, 0.29) is 30.7 Å². The Morgan fingerprint density at radius 1 is 1.19 bits per heavy atom. The van der Waals surface area contributed by atoms with Crippen LogP contribution < -0.4 is 10.6 Å². The normalized spacial score (nSPS) is 16.5. The highest BCUT2D eigenvalue weighted by atomic mass is 127. The van der Waals surface area contributed by atoms with Crippen molar-refractivity contribution in [2.24, 2.45) is 4.99 Å². The third-order valence-corrected chi connectivity index (χ3v) is 4.49. The standard InChI is InChI=1S/C20H26FN3O.HI/c21-11-4-12-22-20(23-13-10-19-7-3-14-25-19)24-18-9-8-16-5-1-2-6-17(16)15-18;/h1-3,5-7,14,18H,4,8-13,15H2,(H2,22,23,24);1H. The third kappa shape index (κ3) is 6.30. The second kappa shape index (κ2) is 11.2. The zero-order valence-corrected chi connectivity index (χ0v) is 17.2. The van der Waals surface area contributed by atoms with Crippen molar-refractivity contribution in [3.63, 3.8) is 0 Å². The largest absolute Gasteiger partial charge is 0.469 e. The van der Waals surface area contributed by atoms with Gasteiger partial charge >= 0.3 is 0 Å². The fraction of sp³-hybridized carbons (Fsp3) is 0.450. The Kier molecular flexibility index (Phi) is 8.94. The maximum absolute atomic E-state index is 12.4. The molecule has 1 aromatic carbocycles. The SMILES string of the molecule is FCCCN=C(NCCc1ccco1)NC1CCc2ccccc2C1.I. The highest BCUT2D eigenvalue weighted by Gasteiger charge is 2.19. The molecule has 0 saturated carbocycles. The number of aliphatic imine (C=N–C) groups is 1. The molecule has 6 heteroatoms. The lowest BCUT2D eigenvalue weighted by atomic mass is 9.88. The Balaban J connectivity index is 0.00000243. The van der Waals surface area contributed by atoms with Crippen LogP contribution >= 0.6 is 24.0 Å². The van der Waals surface area contributed by atoms with Crippen LogP contribution in [0, 0.1) is 0 Å². The minimum Gasteiger partial charge on any atom is -0.469 e.